The zero-order valence-corrected chi connectivity index (χ0v) is 22.6. The molecule has 0 saturated carbocycles. The van der Waals surface area contributed by atoms with Gasteiger partial charge in [-0.2, -0.15) is 0 Å². The largest absolute Gasteiger partial charge is 0.443 e. The van der Waals surface area contributed by atoms with Gasteiger partial charge in [0.2, 0.25) is 11.8 Å². The number of hydrazine groups is 1. The second-order valence-corrected chi connectivity index (χ2v) is 11.4. The fourth-order valence-corrected chi connectivity index (χ4v) is 5.11. The standard InChI is InChI=1S/C27H40N6O5/c1-27(2,3)38-26(37)30-33-12-10-19(18-33)9-11-31-13-15-32(16-14-31)21-6-4-5-20(17-21)24(35)28-22-7-8-23(34)29-25(22)36/h4-6,17,19,22H,7-16,18H2,1-3H3,(H,28,35)(H,30,37)(H,29,34,36). The van der Waals surface area contributed by atoms with Gasteiger partial charge in [-0.15, -0.1) is 0 Å². The molecule has 3 fully saturated rings. The van der Waals surface area contributed by atoms with Gasteiger partial charge in [-0.3, -0.25) is 30.0 Å². The fourth-order valence-electron chi connectivity index (χ4n) is 5.11. The summed E-state index contributed by atoms with van der Waals surface area (Å²) in [4.78, 5) is 52.8. The number of nitrogens with zero attached hydrogens (tertiary/aromatic N) is 3. The number of amides is 4. The van der Waals surface area contributed by atoms with Crippen molar-refractivity contribution in [3.05, 3.63) is 29.8 Å². The average Bonchev–Trinajstić information content (AvgIpc) is 3.30. The molecular formula is C27H40N6O5. The van der Waals surface area contributed by atoms with E-state index < -0.39 is 23.6 Å². The number of rotatable bonds is 7. The number of piperidine rings is 1. The maximum Gasteiger partial charge on any atom is 0.422 e. The minimum Gasteiger partial charge on any atom is -0.443 e. The van der Waals surface area contributed by atoms with Crippen LogP contribution in [-0.4, -0.2) is 91.2 Å². The van der Waals surface area contributed by atoms with E-state index in [0.717, 1.165) is 64.3 Å². The fraction of sp³-hybridized carbons (Fsp3) is 0.630. The number of anilines is 1. The molecule has 4 rings (SSSR count). The molecule has 1 aromatic rings. The first-order valence-electron chi connectivity index (χ1n) is 13.5. The van der Waals surface area contributed by atoms with Crippen LogP contribution in [0.15, 0.2) is 24.3 Å². The van der Waals surface area contributed by atoms with E-state index in [-0.39, 0.29) is 18.2 Å². The number of benzene rings is 1. The Bertz CT molecular complexity index is 1030. The van der Waals surface area contributed by atoms with Gasteiger partial charge in [-0.25, -0.2) is 9.80 Å². The number of imide groups is 1. The summed E-state index contributed by atoms with van der Waals surface area (Å²) in [5.41, 5.74) is 3.84. The molecule has 2 atom stereocenters. The number of hydrogen-bond donors (Lipinski definition) is 3. The van der Waals surface area contributed by atoms with Crippen LogP contribution in [0.2, 0.25) is 0 Å². The third-order valence-electron chi connectivity index (χ3n) is 7.18. The maximum absolute atomic E-state index is 12.7. The van der Waals surface area contributed by atoms with Crippen LogP contribution in [0, 0.1) is 5.92 Å². The van der Waals surface area contributed by atoms with Gasteiger partial charge < -0.3 is 15.0 Å². The van der Waals surface area contributed by atoms with Crippen molar-refractivity contribution in [1.29, 1.82) is 0 Å². The quantitative estimate of drug-likeness (QED) is 0.455. The first-order valence-corrected chi connectivity index (χ1v) is 13.5. The number of hydrogen-bond acceptors (Lipinski definition) is 8. The van der Waals surface area contributed by atoms with Gasteiger partial charge >= 0.3 is 6.09 Å². The van der Waals surface area contributed by atoms with E-state index in [2.05, 4.69) is 25.9 Å². The Morgan fingerprint density at radius 1 is 1.08 bits per heavy atom. The minimum absolute atomic E-state index is 0.225. The van der Waals surface area contributed by atoms with E-state index in [0.29, 0.717) is 17.9 Å². The smallest absolute Gasteiger partial charge is 0.422 e. The van der Waals surface area contributed by atoms with Crippen molar-refractivity contribution >= 4 is 29.5 Å². The first-order chi connectivity index (χ1) is 18.1. The summed E-state index contributed by atoms with van der Waals surface area (Å²) in [7, 11) is 0. The molecule has 38 heavy (non-hydrogen) atoms. The summed E-state index contributed by atoms with van der Waals surface area (Å²) < 4.78 is 5.34. The Hall–Kier alpha value is -3.18. The molecule has 1 aromatic carbocycles. The van der Waals surface area contributed by atoms with E-state index in [1.807, 2.05) is 44.0 Å². The highest BCUT2D eigenvalue weighted by molar-refractivity contribution is 6.04. The maximum atomic E-state index is 12.7. The summed E-state index contributed by atoms with van der Waals surface area (Å²) in [6.45, 7) is 11.9. The van der Waals surface area contributed by atoms with E-state index in [9.17, 15) is 19.2 Å². The molecule has 3 heterocycles. The Morgan fingerprint density at radius 2 is 1.84 bits per heavy atom. The van der Waals surface area contributed by atoms with Gasteiger partial charge in [-0.05, 0) is 70.7 Å². The molecule has 0 bridgehead atoms. The minimum atomic E-state index is -0.688. The van der Waals surface area contributed by atoms with Crippen molar-refractivity contribution < 1.29 is 23.9 Å². The molecule has 11 heteroatoms. The highest BCUT2D eigenvalue weighted by atomic mass is 16.6. The molecule has 3 N–H and O–H groups in total. The summed E-state index contributed by atoms with van der Waals surface area (Å²) in [5.74, 6) is -0.525. The van der Waals surface area contributed by atoms with Crippen LogP contribution in [0.5, 0.6) is 0 Å². The number of nitrogens with one attached hydrogen (secondary N) is 3. The lowest BCUT2D eigenvalue weighted by atomic mass is 10.0. The van der Waals surface area contributed by atoms with Crippen LogP contribution in [0.25, 0.3) is 0 Å². The summed E-state index contributed by atoms with van der Waals surface area (Å²) in [6, 6.07) is 6.78. The van der Waals surface area contributed by atoms with Crippen molar-refractivity contribution in [1.82, 2.24) is 26.0 Å². The molecule has 0 radical (unpaired) electrons. The molecule has 3 aliphatic rings. The summed E-state index contributed by atoms with van der Waals surface area (Å²) >= 11 is 0. The van der Waals surface area contributed by atoms with E-state index >= 15 is 0 Å². The molecule has 3 saturated heterocycles. The van der Waals surface area contributed by atoms with E-state index in [1.165, 1.54) is 0 Å². The predicted octanol–water partition coefficient (Wildman–Crippen LogP) is 1.50. The van der Waals surface area contributed by atoms with Gasteiger partial charge in [0.15, 0.2) is 0 Å². The van der Waals surface area contributed by atoms with Gasteiger partial charge in [-0.1, -0.05) is 6.07 Å². The lowest BCUT2D eigenvalue weighted by Gasteiger charge is -2.36. The monoisotopic (exact) mass is 528 g/mol. The van der Waals surface area contributed by atoms with Crippen molar-refractivity contribution in [3.8, 4) is 0 Å². The number of ether oxygens (including phenoxy) is 1. The predicted molar refractivity (Wildman–Crippen MR) is 142 cm³/mol. The van der Waals surface area contributed by atoms with Crippen molar-refractivity contribution in [3.63, 3.8) is 0 Å². The second kappa shape index (κ2) is 12.1. The highest BCUT2D eigenvalue weighted by Gasteiger charge is 2.29. The average molecular weight is 529 g/mol. The number of piperazine rings is 1. The molecule has 2 unspecified atom stereocenters. The Kier molecular flexibility index (Phi) is 8.88. The summed E-state index contributed by atoms with van der Waals surface area (Å²) in [6.07, 6.45) is 2.29. The van der Waals surface area contributed by atoms with Crippen LogP contribution in [-0.2, 0) is 14.3 Å². The third kappa shape index (κ3) is 7.91. The van der Waals surface area contributed by atoms with Crippen molar-refractivity contribution in [2.75, 3.05) is 50.7 Å². The van der Waals surface area contributed by atoms with Gasteiger partial charge in [0.05, 0.1) is 0 Å². The van der Waals surface area contributed by atoms with Gasteiger partial charge in [0, 0.05) is 56.9 Å². The van der Waals surface area contributed by atoms with Crippen LogP contribution >= 0.6 is 0 Å². The second-order valence-electron chi connectivity index (χ2n) is 11.4. The van der Waals surface area contributed by atoms with Crippen LogP contribution in [0.4, 0.5) is 10.5 Å². The molecular weight excluding hydrogens is 488 g/mol. The molecule has 0 aromatic heterocycles. The van der Waals surface area contributed by atoms with Gasteiger partial charge in [0.1, 0.15) is 11.6 Å². The van der Waals surface area contributed by atoms with Crippen LogP contribution < -0.4 is 21.0 Å². The highest BCUT2D eigenvalue weighted by Crippen LogP contribution is 2.22. The normalized spacial score (nSPS) is 23.2. The Balaban J connectivity index is 1.18. The van der Waals surface area contributed by atoms with Gasteiger partial charge in [0.25, 0.3) is 5.91 Å². The lowest BCUT2D eigenvalue weighted by molar-refractivity contribution is -0.134. The third-order valence-corrected chi connectivity index (χ3v) is 7.18. The number of carbonyl (C=O) groups is 4. The zero-order valence-electron chi connectivity index (χ0n) is 22.6. The topological polar surface area (TPSA) is 123 Å². The van der Waals surface area contributed by atoms with Crippen molar-refractivity contribution in [2.45, 2.75) is 58.1 Å². The van der Waals surface area contributed by atoms with E-state index in [4.69, 9.17) is 4.74 Å². The van der Waals surface area contributed by atoms with Crippen molar-refractivity contribution in [2.24, 2.45) is 5.92 Å². The number of carbonyl (C=O) groups excluding carboxylic acids is 4. The summed E-state index contributed by atoms with van der Waals surface area (Å²) in [5, 5.41) is 6.97. The van der Waals surface area contributed by atoms with Crippen LogP contribution in [0.1, 0.15) is 56.8 Å². The lowest BCUT2D eigenvalue weighted by Crippen LogP contribution is -2.52. The zero-order chi connectivity index (χ0) is 27.3. The molecule has 11 nitrogen and oxygen atoms in total. The molecule has 3 aliphatic heterocycles. The van der Waals surface area contributed by atoms with E-state index in [1.54, 1.807) is 6.07 Å². The molecule has 0 spiro atoms. The molecule has 208 valence electrons. The SMILES string of the molecule is CC(C)(C)OC(=O)NN1CCC(CCN2CCN(c3cccc(C(=O)NC4CCC(=O)NC4=O)c3)CC2)C1. The Labute approximate surface area is 224 Å². The first kappa shape index (κ1) is 27.8. The molecule has 0 aliphatic carbocycles. The molecule has 4 amide bonds. The van der Waals surface area contributed by atoms with Crippen LogP contribution in [0.3, 0.4) is 0 Å². The Morgan fingerprint density at radius 3 is 2.55 bits per heavy atom.